The molecule has 2 unspecified atom stereocenters. The lowest BCUT2D eigenvalue weighted by molar-refractivity contribution is 0.268. The first-order valence-electron chi connectivity index (χ1n) is 6.31. The lowest BCUT2D eigenvalue weighted by Gasteiger charge is -2.23. The van der Waals surface area contributed by atoms with E-state index in [0.29, 0.717) is 0 Å². The third-order valence-electron chi connectivity index (χ3n) is 4.17. The second-order valence-electron chi connectivity index (χ2n) is 5.17. The summed E-state index contributed by atoms with van der Waals surface area (Å²) < 4.78 is 0. The van der Waals surface area contributed by atoms with Gasteiger partial charge in [-0.1, -0.05) is 12.1 Å². The van der Waals surface area contributed by atoms with Crippen LogP contribution < -0.4 is 5.73 Å². The second kappa shape index (κ2) is 3.86. The smallest absolute Gasteiger partial charge is 0.0624 e. The maximum Gasteiger partial charge on any atom is 0.0624 e. The molecule has 1 aromatic carbocycles. The summed E-state index contributed by atoms with van der Waals surface area (Å²) in [5, 5.41) is 9.14. The minimum Gasteiger partial charge on any atom is -0.394 e. The zero-order valence-corrected chi connectivity index (χ0v) is 9.58. The quantitative estimate of drug-likeness (QED) is 0.796. The number of aliphatic hydroxyl groups excluding tert-OH is 1. The molecule has 2 atom stereocenters. The normalized spacial score (nSPS) is 24.2. The van der Waals surface area contributed by atoms with Crippen LogP contribution in [0.5, 0.6) is 0 Å². The molecule has 16 heavy (non-hydrogen) atoms. The molecule has 1 aromatic rings. The first kappa shape index (κ1) is 10.3. The van der Waals surface area contributed by atoms with Crippen molar-refractivity contribution in [2.75, 3.05) is 6.61 Å². The molecule has 0 saturated carbocycles. The molecule has 0 aliphatic heterocycles. The molecule has 86 valence electrons. The van der Waals surface area contributed by atoms with Crippen molar-refractivity contribution in [3.8, 4) is 0 Å². The highest BCUT2D eigenvalue weighted by Crippen LogP contribution is 2.43. The van der Waals surface area contributed by atoms with Crippen LogP contribution in [-0.4, -0.2) is 11.7 Å². The maximum atomic E-state index is 9.14. The summed E-state index contributed by atoms with van der Waals surface area (Å²) in [4.78, 5) is 0. The fourth-order valence-corrected chi connectivity index (χ4v) is 3.36. The average Bonchev–Trinajstić information content (AvgIpc) is 2.73. The molecular weight excluding hydrogens is 198 g/mol. The van der Waals surface area contributed by atoms with Crippen LogP contribution in [0.25, 0.3) is 0 Å². The van der Waals surface area contributed by atoms with E-state index in [1.165, 1.54) is 43.2 Å². The lowest BCUT2D eigenvalue weighted by Crippen LogP contribution is -2.16. The minimum absolute atomic E-state index is 0.0433. The van der Waals surface area contributed by atoms with Crippen molar-refractivity contribution < 1.29 is 5.11 Å². The van der Waals surface area contributed by atoms with E-state index in [2.05, 4.69) is 12.1 Å². The molecule has 0 amide bonds. The van der Waals surface area contributed by atoms with Gasteiger partial charge in [-0.15, -0.1) is 0 Å². The molecule has 0 fully saturated rings. The Bertz CT molecular complexity index is 413. The van der Waals surface area contributed by atoms with Gasteiger partial charge < -0.3 is 10.8 Å². The summed E-state index contributed by atoms with van der Waals surface area (Å²) in [5.41, 5.74) is 11.7. The van der Waals surface area contributed by atoms with Gasteiger partial charge in [-0.05, 0) is 60.3 Å². The van der Waals surface area contributed by atoms with Gasteiger partial charge in [-0.25, -0.2) is 0 Å². The molecule has 3 N–H and O–H groups in total. The van der Waals surface area contributed by atoms with E-state index < -0.39 is 0 Å². The molecular formula is C14H19NO. The third-order valence-corrected chi connectivity index (χ3v) is 4.17. The Hall–Kier alpha value is -0.860. The van der Waals surface area contributed by atoms with Crippen molar-refractivity contribution in [2.24, 2.45) is 5.73 Å². The Balaban J connectivity index is 2.08. The Morgan fingerprint density at radius 3 is 2.75 bits per heavy atom. The van der Waals surface area contributed by atoms with Gasteiger partial charge in [0.2, 0.25) is 0 Å². The number of benzene rings is 1. The molecule has 2 aliphatic rings. The van der Waals surface area contributed by atoms with Crippen molar-refractivity contribution in [1.29, 1.82) is 0 Å². The maximum absolute atomic E-state index is 9.14. The number of aryl methyl sites for hydroxylation is 2. The number of rotatable bonds is 2. The summed E-state index contributed by atoms with van der Waals surface area (Å²) in [6, 6.07) is 4.25. The predicted molar refractivity (Wildman–Crippen MR) is 64.5 cm³/mol. The molecule has 2 heteroatoms. The van der Waals surface area contributed by atoms with Crippen LogP contribution in [0.4, 0.5) is 0 Å². The number of nitrogens with two attached hydrogens (primary N) is 1. The molecule has 0 aromatic heterocycles. The zero-order valence-electron chi connectivity index (χ0n) is 9.58. The summed E-state index contributed by atoms with van der Waals surface area (Å²) in [5.74, 6) is 0.818. The molecule has 3 rings (SSSR count). The Morgan fingerprint density at radius 1 is 1.25 bits per heavy atom. The van der Waals surface area contributed by atoms with E-state index in [4.69, 9.17) is 10.8 Å². The van der Waals surface area contributed by atoms with Crippen LogP contribution in [0.1, 0.15) is 53.5 Å². The van der Waals surface area contributed by atoms with Crippen molar-refractivity contribution in [3.63, 3.8) is 0 Å². The van der Waals surface area contributed by atoms with Crippen LogP contribution in [0.15, 0.2) is 12.1 Å². The standard InChI is InChI=1S/C14H19NO/c15-13(8-16)12-6-10-3-1-2-9-4-5-11(7-12)14(9)10/h6-7,9,13,16H,1-5,8,15H2. The van der Waals surface area contributed by atoms with Gasteiger partial charge in [0.1, 0.15) is 0 Å². The molecule has 0 spiro atoms. The van der Waals surface area contributed by atoms with Crippen molar-refractivity contribution in [3.05, 3.63) is 34.4 Å². The van der Waals surface area contributed by atoms with Crippen molar-refractivity contribution in [2.45, 2.75) is 44.1 Å². The van der Waals surface area contributed by atoms with E-state index in [-0.39, 0.29) is 12.6 Å². The number of hydrogen-bond donors (Lipinski definition) is 2. The Labute approximate surface area is 96.5 Å². The first-order valence-corrected chi connectivity index (χ1v) is 6.31. The van der Waals surface area contributed by atoms with E-state index in [1.54, 1.807) is 5.56 Å². The minimum atomic E-state index is -0.206. The highest BCUT2D eigenvalue weighted by Gasteiger charge is 2.29. The van der Waals surface area contributed by atoms with E-state index in [9.17, 15) is 0 Å². The lowest BCUT2D eigenvalue weighted by atomic mass is 9.82. The highest BCUT2D eigenvalue weighted by atomic mass is 16.3. The summed E-state index contributed by atoms with van der Waals surface area (Å²) in [7, 11) is 0. The van der Waals surface area contributed by atoms with Crippen molar-refractivity contribution in [1.82, 2.24) is 0 Å². The van der Waals surface area contributed by atoms with Gasteiger partial charge in [-0.2, -0.15) is 0 Å². The highest BCUT2D eigenvalue weighted by molar-refractivity contribution is 5.46. The molecule has 0 radical (unpaired) electrons. The monoisotopic (exact) mass is 217 g/mol. The summed E-state index contributed by atoms with van der Waals surface area (Å²) in [6.45, 7) is 0.0433. The Morgan fingerprint density at radius 2 is 2.00 bits per heavy atom. The van der Waals surface area contributed by atoms with E-state index in [1.807, 2.05) is 0 Å². The van der Waals surface area contributed by atoms with Crippen LogP contribution in [-0.2, 0) is 12.8 Å². The number of hydrogen-bond acceptors (Lipinski definition) is 2. The number of aliphatic hydroxyl groups is 1. The SMILES string of the molecule is NC(CO)c1cc2c3c(c1)CCC3CCC2. The van der Waals surface area contributed by atoms with Gasteiger partial charge in [0, 0.05) is 0 Å². The molecule has 0 bridgehead atoms. The predicted octanol–water partition coefficient (Wildman–Crippen LogP) is 2.04. The summed E-state index contributed by atoms with van der Waals surface area (Å²) in [6.07, 6.45) is 6.41. The molecule has 2 nitrogen and oxygen atoms in total. The fraction of sp³-hybridized carbons (Fsp3) is 0.571. The Kier molecular flexibility index (Phi) is 2.49. The first-order chi connectivity index (χ1) is 7.79. The van der Waals surface area contributed by atoms with Gasteiger partial charge in [-0.3, -0.25) is 0 Å². The van der Waals surface area contributed by atoms with Gasteiger partial charge in [0.15, 0.2) is 0 Å². The van der Waals surface area contributed by atoms with Gasteiger partial charge in [0.25, 0.3) is 0 Å². The topological polar surface area (TPSA) is 46.2 Å². The average molecular weight is 217 g/mol. The third kappa shape index (κ3) is 1.48. The summed E-state index contributed by atoms with van der Waals surface area (Å²) >= 11 is 0. The van der Waals surface area contributed by atoms with E-state index >= 15 is 0 Å². The van der Waals surface area contributed by atoms with Gasteiger partial charge >= 0.3 is 0 Å². The fourth-order valence-electron chi connectivity index (χ4n) is 3.36. The largest absolute Gasteiger partial charge is 0.394 e. The van der Waals surface area contributed by atoms with Gasteiger partial charge in [0.05, 0.1) is 12.6 Å². The van der Waals surface area contributed by atoms with Crippen LogP contribution >= 0.6 is 0 Å². The van der Waals surface area contributed by atoms with Crippen molar-refractivity contribution >= 4 is 0 Å². The van der Waals surface area contributed by atoms with E-state index in [0.717, 1.165) is 11.5 Å². The van der Waals surface area contributed by atoms with Crippen LogP contribution in [0.2, 0.25) is 0 Å². The molecule has 2 aliphatic carbocycles. The zero-order chi connectivity index (χ0) is 11.1. The molecule has 0 saturated heterocycles. The van der Waals surface area contributed by atoms with Crippen LogP contribution in [0, 0.1) is 0 Å². The molecule has 0 heterocycles. The second-order valence-corrected chi connectivity index (χ2v) is 5.17. The van der Waals surface area contributed by atoms with Crippen LogP contribution in [0.3, 0.4) is 0 Å².